The number of rotatable bonds is 8. The molecular formula is C19H29N3O4S. The van der Waals surface area contributed by atoms with Crippen LogP contribution in [0.2, 0.25) is 0 Å². The van der Waals surface area contributed by atoms with Gasteiger partial charge in [-0.05, 0) is 32.3 Å². The van der Waals surface area contributed by atoms with Crippen molar-refractivity contribution in [1.82, 2.24) is 14.8 Å². The first-order chi connectivity index (χ1) is 12.8. The van der Waals surface area contributed by atoms with Crippen LogP contribution in [0, 0.1) is 0 Å². The lowest BCUT2D eigenvalue weighted by Crippen LogP contribution is -2.41. The van der Waals surface area contributed by atoms with Crippen molar-refractivity contribution in [3.63, 3.8) is 0 Å². The van der Waals surface area contributed by atoms with Crippen molar-refractivity contribution < 1.29 is 18.0 Å². The molecule has 150 valence electrons. The summed E-state index contributed by atoms with van der Waals surface area (Å²) < 4.78 is 23.5. The lowest BCUT2D eigenvalue weighted by molar-refractivity contribution is 0.0708. The van der Waals surface area contributed by atoms with E-state index in [4.69, 9.17) is 0 Å². The van der Waals surface area contributed by atoms with Gasteiger partial charge in [-0.2, -0.15) is 0 Å². The Morgan fingerprint density at radius 3 is 2.15 bits per heavy atom. The van der Waals surface area contributed by atoms with E-state index in [0.717, 1.165) is 12.8 Å². The molecule has 1 fully saturated rings. The Balaban J connectivity index is 2.22. The monoisotopic (exact) mass is 395 g/mol. The summed E-state index contributed by atoms with van der Waals surface area (Å²) in [5.41, 5.74) is 0.706. The zero-order valence-electron chi connectivity index (χ0n) is 16.3. The summed E-state index contributed by atoms with van der Waals surface area (Å²) in [7, 11) is -3.08. The van der Waals surface area contributed by atoms with Gasteiger partial charge in [0.1, 0.15) is 0 Å². The van der Waals surface area contributed by atoms with Crippen LogP contribution < -0.4 is 0 Å². The van der Waals surface area contributed by atoms with Crippen LogP contribution in [0.25, 0.3) is 0 Å². The summed E-state index contributed by atoms with van der Waals surface area (Å²) >= 11 is 0. The summed E-state index contributed by atoms with van der Waals surface area (Å²) in [6, 6.07) is 1.26. The number of nitrogens with zero attached hydrogens (tertiary/aromatic N) is 3. The largest absolute Gasteiger partial charge is 0.339 e. The molecule has 1 aromatic rings. The van der Waals surface area contributed by atoms with Crippen molar-refractivity contribution in [3.8, 4) is 0 Å². The van der Waals surface area contributed by atoms with Crippen molar-refractivity contribution in [3.05, 3.63) is 29.6 Å². The van der Waals surface area contributed by atoms with Gasteiger partial charge in [0.05, 0.1) is 22.6 Å². The Hall–Kier alpha value is -1.96. The van der Waals surface area contributed by atoms with E-state index >= 15 is 0 Å². The number of hydrogen-bond donors (Lipinski definition) is 0. The van der Waals surface area contributed by atoms with Gasteiger partial charge < -0.3 is 9.80 Å². The molecule has 0 aliphatic carbocycles. The van der Waals surface area contributed by atoms with Gasteiger partial charge in [0.15, 0.2) is 9.84 Å². The number of hydrogen-bond acceptors (Lipinski definition) is 5. The molecule has 2 rings (SSSR count). The summed E-state index contributed by atoms with van der Waals surface area (Å²) in [5, 5.41) is 0. The molecule has 27 heavy (non-hydrogen) atoms. The smallest absolute Gasteiger partial charge is 0.255 e. The molecule has 1 aliphatic heterocycles. The normalized spacial score (nSPS) is 18.3. The van der Waals surface area contributed by atoms with Gasteiger partial charge >= 0.3 is 0 Å². The molecule has 1 atom stereocenters. The standard InChI is InChI=1S/C19H29N3O4S/c1-4-8-21(9-5-2)18(23)15-11-16(13-20-12-15)19(24)22(6-3)17-7-10-27(25,26)14-17/h11-13,17H,4-10,14H2,1-3H3. The highest BCUT2D eigenvalue weighted by Crippen LogP contribution is 2.20. The number of aromatic nitrogens is 1. The van der Waals surface area contributed by atoms with Gasteiger partial charge in [-0.15, -0.1) is 0 Å². The first-order valence-corrected chi connectivity index (χ1v) is 11.4. The molecule has 0 radical (unpaired) electrons. The number of sulfone groups is 1. The molecule has 0 spiro atoms. The first kappa shape index (κ1) is 21.3. The Labute approximate surface area is 161 Å². The third-order valence-electron chi connectivity index (χ3n) is 4.76. The van der Waals surface area contributed by atoms with E-state index in [0.29, 0.717) is 37.2 Å². The number of pyridine rings is 1. The van der Waals surface area contributed by atoms with Crippen molar-refractivity contribution in [2.45, 2.75) is 46.1 Å². The Kier molecular flexibility index (Phi) is 7.35. The van der Waals surface area contributed by atoms with Gasteiger partial charge in [0.2, 0.25) is 0 Å². The molecule has 0 bridgehead atoms. The highest BCUT2D eigenvalue weighted by molar-refractivity contribution is 7.91. The minimum atomic E-state index is -3.08. The second-order valence-corrected chi connectivity index (χ2v) is 9.13. The minimum Gasteiger partial charge on any atom is -0.339 e. The maximum absolute atomic E-state index is 12.9. The zero-order chi connectivity index (χ0) is 20.0. The van der Waals surface area contributed by atoms with Crippen LogP contribution in [-0.4, -0.2) is 72.2 Å². The van der Waals surface area contributed by atoms with Crippen LogP contribution in [-0.2, 0) is 9.84 Å². The van der Waals surface area contributed by atoms with Crippen LogP contribution in [0.3, 0.4) is 0 Å². The summed E-state index contributed by atoms with van der Waals surface area (Å²) in [6.45, 7) is 7.59. The van der Waals surface area contributed by atoms with E-state index in [1.54, 1.807) is 15.9 Å². The molecule has 0 N–H and O–H groups in total. The fraction of sp³-hybridized carbons (Fsp3) is 0.632. The SMILES string of the molecule is CCCN(CCC)C(=O)c1cncc(C(=O)N(CC)C2CCS(=O)(=O)C2)c1. The van der Waals surface area contributed by atoms with Crippen molar-refractivity contribution in [2.24, 2.45) is 0 Å². The molecule has 8 heteroatoms. The second-order valence-electron chi connectivity index (χ2n) is 6.90. The Morgan fingerprint density at radius 1 is 1.07 bits per heavy atom. The third kappa shape index (κ3) is 5.28. The zero-order valence-corrected chi connectivity index (χ0v) is 17.2. The number of amides is 2. The topological polar surface area (TPSA) is 87.7 Å². The average Bonchev–Trinajstić information content (AvgIpc) is 3.01. The molecular weight excluding hydrogens is 366 g/mol. The van der Waals surface area contributed by atoms with Gasteiger partial charge in [0.25, 0.3) is 11.8 Å². The lowest BCUT2D eigenvalue weighted by Gasteiger charge is -2.27. The van der Waals surface area contributed by atoms with Crippen LogP contribution in [0.1, 0.15) is 60.7 Å². The van der Waals surface area contributed by atoms with Crippen LogP contribution >= 0.6 is 0 Å². The van der Waals surface area contributed by atoms with Crippen LogP contribution in [0.5, 0.6) is 0 Å². The fourth-order valence-electron chi connectivity index (χ4n) is 3.47. The summed E-state index contributed by atoms with van der Waals surface area (Å²) in [6.07, 6.45) is 5.09. The maximum atomic E-state index is 12.9. The lowest BCUT2D eigenvalue weighted by atomic mass is 10.1. The van der Waals surface area contributed by atoms with Gasteiger partial charge in [-0.1, -0.05) is 13.8 Å². The molecule has 0 aromatic carbocycles. The van der Waals surface area contributed by atoms with Crippen LogP contribution in [0.4, 0.5) is 0 Å². The van der Waals surface area contributed by atoms with Gasteiger partial charge in [0, 0.05) is 38.1 Å². The second kappa shape index (κ2) is 9.30. The van der Waals surface area contributed by atoms with E-state index in [1.165, 1.54) is 12.4 Å². The van der Waals surface area contributed by atoms with Crippen molar-refractivity contribution in [1.29, 1.82) is 0 Å². The fourth-order valence-corrected chi connectivity index (χ4v) is 5.20. The maximum Gasteiger partial charge on any atom is 0.255 e. The van der Waals surface area contributed by atoms with Crippen LogP contribution in [0.15, 0.2) is 18.5 Å². The first-order valence-electron chi connectivity index (χ1n) is 9.58. The average molecular weight is 396 g/mol. The minimum absolute atomic E-state index is 0.000588. The molecule has 2 amide bonds. The molecule has 1 aromatic heterocycles. The molecule has 2 heterocycles. The summed E-state index contributed by atoms with van der Waals surface area (Å²) in [4.78, 5) is 33.1. The number of carbonyl (C=O) groups is 2. The highest BCUT2D eigenvalue weighted by atomic mass is 32.2. The van der Waals surface area contributed by atoms with Gasteiger partial charge in [-0.3, -0.25) is 14.6 Å². The molecule has 1 unspecified atom stereocenters. The molecule has 7 nitrogen and oxygen atoms in total. The van der Waals surface area contributed by atoms with E-state index in [-0.39, 0.29) is 29.4 Å². The van der Waals surface area contributed by atoms with E-state index < -0.39 is 9.84 Å². The van der Waals surface area contributed by atoms with Crippen molar-refractivity contribution >= 4 is 21.7 Å². The predicted molar refractivity (Wildman–Crippen MR) is 104 cm³/mol. The molecule has 1 aliphatic rings. The Morgan fingerprint density at radius 2 is 1.67 bits per heavy atom. The molecule has 1 saturated heterocycles. The predicted octanol–water partition coefficient (Wildman–Crippen LogP) is 1.99. The van der Waals surface area contributed by atoms with E-state index in [1.807, 2.05) is 20.8 Å². The molecule has 0 saturated carbocycles. The highest BCUT2D eigenvalue weighted by Gasteiger charge is 2.34. The van der Waals surface area contributed by atoms with Gasteiger partial charge in [-0.25, -0.2) is 8.42 Å². The third-order valence-corrected chi connectivity index (χ3v) is 6.51. The quantitative estimate of drug-likeness (QED) is 0.672. The van der Waals surface area contributed by atoms with E-state index in [9.17, 15) is 18.0 Å². The van der Waals surface area contributed by atoms with Crippen molar-refractivity contribution in [2.75, 3.05) is 31.1 Å². The number of carbonyl (C=O) groups excluding carboxylic acids is 2. The summed E-state index contributed by atoms with van der Waals surface area (Å²) in [5.74, 6) is -0.299. The Bertz CT molecular complexity index is 773. The van der Waals surface area contributed by atoms with E-state index in [2.05, 4.69) is 4.98 Å².